The van der Waals surface area contributed by atoms with Crippen molar-refractivity contribution in [2.45, 2.75) is 12.5 Å². The average molecular weight is 240 g/mol. The third-order valence-electron chi connectivity index (χ3n) is 1.14. The van der Waals surface area contributed by atoms with Crippen LogP contribution in [0.2, 0.25) is 0 Å². The number of nitrogens with one attached hydrogen (secondary N) is 1. The summed E-state index contributed by atoms with van der Waals surface area (Å²) in [6.45, 7) is 0.216. The Labute approximate surface area is 131 Å². The van der Waals surface area contributed by atoms with Crippen molar-refractivity contribution in [1.82, 2.24) is 5.32 Å². The van der Waals surface area contributed by atoms with E-state index in [2.05, 4.69) is 5.32 Å². The first-order valence-corrected chi connectivity index (χ1v) is 3.81. The van der Waals surface area contributed by atoms with E-state index in [1.54, 1.807) is 0 Å². The van der Waals surface area contributed by atoms with E-state index in [9.17, 15) is 19.8 Å². The first-order chi connectivity index (χ1) is 5.57. The van der Waals surface area contributed by atoms with Gasteiger partial charge in [-0.15, -0.1) is 11.6 Å². The Balaban J connectivity index is -0.000000605. The van der Waals surface area contributed by atoms with Crippen molar-refractivity contribution in [3.05, 3.63) is 0 Å². The molecule has 0 saturated carbocycles. The van der Waals surface area contributed by atoms with Crippen molar-refractivity contribution < 1.29 is 78.9 Å². The van der Waals surface area contributed by atoms with Crippen molar-refractivity contribution >= 4 is 23.5 Å². The fourth-order valence-corrected chi connectivity index (χ4v) is 0.743. The normalized spacial score (nSPS) is 10.6. The van der Waals surface area contributed by atoms with Gasteiger partial charge in [0.2, 0.25) is 0 Å². The van der Waals surface area contributed by atoms with Gasteiger partial charge >= 0.3 is 59.1 Å². The number of rotatable bonds is 6. The van der Waals surface area contributed by atoms with Gasteiger partial charge in [0.25, 0.3) is 0 Å². The predicted molar refractivity (Wildman–Crippen MR) is 37.1 cm³/mol. The molecule has 5 nitrogen and oxygen atoms in total. The third kappa shape index (κ3) is 11.3. The van der Waals surface area contributed by atoms with E-state index in [-0.39, 0.29) is 71.5 Å². The summed E-state index contributed by atoms with van der Waals surface area (Å²) in [4.78, 5) is 20.2. The molecule has 0 amide bonds. The Hall–Kier alpha value is 1.19. The van der Waals surface area contributed by atoms with Gasteiger partial charge in [-0.25, -0.2) is 0 Å². The Kier molecular flexibility index (Phi) is 18.0. The fourth-order valence-electron chi connectivity index (χ4n) is 0.634. The van der Waals surface area contributed by atoms with Crippen LogP contribution >= 0.6 is 11.6 Å². The van der Waals surface area contributed by atoms with Crippen LogP contribution in [0.4, 0.5) is 0 Å². The van der Waals surface area contributed by atoms with Crippen molar-refractivity contribution in [3.8, 4) is 0 Å². The molecule has 1 N–H and O–H groups in total. The summed E-state index contributed by atoms with van der Waals surface area (Å²) in [5.74, 6) is -2.70. The van der Waals surface area contributed by atoms with Crippen LogP contribution in [0.3, 0.4) is 0 Å². The summed E-state index contributed by atoms with van der Waals surface area (Å²) < 4.78 is 0. The van der Waals surface area contributed by atoms with Crippen LogP contribution in [-0.2, 0) is 9.59 Å². The number of alkyl halides is 1. The van der Waals surface area contributed by atoms with Gasteiger partial charge in [-0.1, -0.05) is 0 Å². The summed E-state index contributed by atoms with van der Waals surface area (Å²) in [5, 5.41) is 22.6. The quantitative estimate of drug-likeness (QED) is 0.367. The second-order valence-electron chi connectivity index (χ2n) is 2.09. The van der Waals surface area contributed by atoms with Crippen molar-refractivity contribution in [3.63, 3.8) is 0 Å². The van der Waals surface area contributed by atoms with Crippen LogP contribution in [0.15, 0.2) is 0 Å². The second kappa shape index (κ2) is 12.3. The Morgan fingerprint density at radius 3 is 2.07 bits per heavy atom. The molecule has 0 bridgehead atoms. The zero-order valence-electron chi connectivity index (χ0n) is 8.21. The van der Waals surface area contributed by atoms with Crippen LogP contribution in [0.5, 0.6) is 0 Å². The van der Waals surface area contributed by atoms with E-state index in [4.69, 9.17) is 11.6 Å². The van der Waals surface area contributed by atoms with E-state index in [1.807, 2.05) is 0 Å². The number of hydrogen-bond acceptors (Lipinski definition) is 5. The van der Waals surface area contributed by atoms with Crippen LogP contribution in [0, 0.1) is 0 Å². The van der Waals surface area contributed by atoms with Crippen LogP contribution in [0.25, 0.3) is 0 Å². The predicted octanol–water partition coefficient (Wildman–Crippen LogP) is -8.92. The maximum absolute atomic E-state index is 10.2. The van der Waals surface area contributed by atoms with Gasteiger partial charge in [-0.3, -0.25) is 0 Å². The first-order valence-electron chi connectivity index (χ1n) is 3.28. The minimum absolute atomic E-state index is 0. The number of halogens is 1. The molecule has 0 aliphatic rings. The molecule has 0 aromatic carbocycles. The standard InChI is InChI=1S/C6H10ClNO4.2Na/c7-1-2-8-4(6(11)12)3-5(9)10;;/h4,8H,1-3H2,(H,9,10)(H,11,12);;/q;2*+1/p-2/t4-;;/m0../s1. The van der Waals surface area contributed by atoms with E-state index >= 15 is 0 Å². The van der Waals surface area contributed by atoms with Crippen molar-refractivity contribution in [2.75, 3.05) is 12.4 Å². The SMILES string of the molecule is O=C([O-])C[C@H](NCCCl)C(=O)[O-].[Na+].[Na+]. The molecule has 0 aliphatic carbocycles. The molecule has 0 saturated heterocycles. The van der Waals surface area contributed by atoms with Crippen LogP contribution in [0.1, 0.15) is 6.42 Å². The molecule has 0 radical (unpaired) electrons. The van der Waals surface area contributed by atoms with Gasteiger partial charge < -0.3 is 25.1 Å². The smallest absolute Gasteiger partial charge is 0.550 e. The summed E-state index contributed by atoms with van der Waals surface area (Å²) >= 11 is 5.25. The largest absolute Gasteiger partial charge is 1.00 e. The molecule has 14 heavy (non-hydrogen) atoms. The number of carbonyl (C=O) groups is 2. The summed E-state index contributed by atoms with van der Waals surface area (Å²) in [7, 11) is 0. The Morgan fingerprint density at radius 1 is 1.29 bits per heavy atom. The van der Waals surface area contributed by atoms with Crippen LogP contribution < -0.4 is 74.6 Å². The van der Waals surface area contributed by atoms with Gasteiger partial charge in [0.05, 0.1) is 12.0 Å². The molecule has 0 aliphatic heterocycles. The Bertz CT molecular complexity index is 181. The molecule has 1 atom stereocenters. The second-order valence-corrected chi connectivity index (χ2v) is 2.47. The van der Waals surface area contributed by atoms with Crippen molar-refractivity contribution in [1.29, 1.82) is 0 Å². The van der Waals surface area contributed by atoms with E-state index in [1.165, 1.54) is 0 Å². The summed E-state index contributed by atoms with van der Waals surface area (Å²) in [6, 6.07) is -1.23. The molecule has 8 heteroatoms. The molecule has 0 heterocycles. The molecule has 70 valence electrons. The average Bonchev–Trinajstić information content (AvgIpc) is 1.96. The van der Waals surface area contributed by atoms with Gasteiger partial charge in [-0.05, 0) is 0 Å². The van der Waals surface area contributed by atoms with Gasteiger partial charge in [0.15, 0.2) is 0 Å². The molecule has 0 rings (SSSR count). The molecule has 0 fully saturated rings. The minimum Gasteiger partial charge on any atom is -0.550 e. The zero-order valence-corrected chi connectivity index (χ0v) is 13.0. The van der Waals surface area contributed by atoms with Crippen molar-refractivity contribution in [2.24, 2.45) is 0 Å². The molecule has 0 aromatic rings. The summed E-state index contributed by atoms with van der Waals surface area (Å²) in [5.41, 5.74) is 0. The van der Waals surface area contributed by atoms with E-state index < -0.39 is 24.4 Å². The first kappa shape index (κ1) is 20.6. The van der Waals surface area contributed by atoms with E-state index in [0.29, 0.717) is 0 Å². The van der Waals surface area contributed by atoms with Gasteiger partial charge in [0, 0.05) is 24.8 Å². The number of carboxylic acid groups (broad SMARTS) is 2. The van der Waals surface area contributed by atoms with Crippen LogP contribution in [-0.4, -0.2) is 30.4 Å². The summed E-state index contributed by atoms with van der Waals surface area (Å²) in [6.07, 6.45) is -0.612. The number of carbonyl (C=O) groups excluding carboxylic acids is 2. The maximum atomic E-state index is 10.2. The molecule has 0 unspecified atom stereocenters. The zero-order chi connectivity index (χ0) is 9.56. The monoisotopic (exact) mass is 239 g/mol. The topological polar surface area (TPSA) is 92.3 Å². The van der Waals surface area contributed by atoms with E-state index in [0.717, 1.165) is 0 Å². The molecule has 0 spiro atoms. The molecule has 0 aromatic heterocycles. The fraction of sp³-hybridized carbons (Fsp3) is 0.667. The maximum Gasteiger partial charge on any atom is 1.00 e. The number of hydrogen-bond donors (Lipinski definition) is 1. The third-order valence-corrected chi connectivity index (χ3v) is 1.33. The number of carboxylic acids is 2. The Morgan fingerprint density at radius 2 is 1.79 bits per heavy atom. The van der Waals surface area contributed by atoms with Gasteiger partial charge in [0.1, 0.15) is 0 Å². The van der Waals surface area contributed by atoms with Gasteiger partial charge in [-0.2, -0.15) is 0 Å². The molecular formula is C6H8ClNNa2O4. The number of aliphatic carboxylic acids is 2. The molecular weight excluding hydrogens is 232 g/mol. The minimum atomic E-state index is -1.47.